The molecule has 2 rings (SSSR count). The quantitative estimate of drug-likeness (QED) is 0.859. The Morgan fingerprint density at radius 3 is 2.58 bits per heavy atom. The lowest BCUT2D eigenvalue weighted by molar-refractivity contribution is 0.100. The van der Waals surface area contributed by atoms with Crippen LogP contribution in [-0.4, -0.2) is 12.1 Å². The fourth-order valence-electron chi connectivity index (χ4n) is 1.55. The lowest BCUT2D eigenvalue weighted by Gasteiger charge is -2.02. The predicted octanol–water partition coefficient (Wildman–Crippen LogP) is 3.84. The maximum absolute atomic E-state index is 11.3. The summed E-state index contributed by atoms with van der Waals surface area (Å²) in [5.41, 5.74) is 6.80. The van der Waals surface area contributed by atoms with Crippen LogP contribution in [-0.2, 0) is 0 Å². The molecule has 0 heterocycles. The van der Waals surface area contributed by atoms with Gasteiger partial charge in [-0.05, 0) is 18.2 Å². The van der Waals surface area contributed by atoms with Gasteiger partial charge in [-0.2, -0.15) is 0 Å². The molecule has 96 valence electrons. The zero-order valence-corrected chi connectivity index (χ0v) is 11.3. The standard InChI is InChI=1S/C14H10Cl2N2O/c15-11-6-3-4-9(13(11)16)8-18-12-7-2-1-5-10(12)14(17)19/h1-8H,(H2,17,19). The van der Waals surface area contributed by atoms with Crippen LogP contribution in [0.25, 0.3) is 0 Å². The number of halogens is 2. The van der Waals surface area contributed by atoms with Crippen molar-refractivity contribution in [3.05, 3.63) is 63.6 Å². The second-order valence-electron chi connectivity index (χ2n) is 3.78. The molecule has 0 aliphatic carbocycles. The highest BCUT2D eigenvalue weighted by molar-refractivity contribution is 6.43. The molecule has 2 N–H and O–H groups in total. The van der Waals surface area contributed by atoms with Gasteiger partial charge in [0.25, 0.3) is 5.91 Å². The highest BCUT2D eigenvalue weighted by Gasteiger charge is 2.06. The van der Waals surface area contributed by atoms with Crippen LogP contribution in [0.5, 0.6) is 0 Å². The topological polar surface area (TPSA) is 55.5 Å². The van der Waals surface area contributed by atoms with Gasteiger partial charge in [0.2, 0.25) is 0 Å². The van der Waals surface area contributed by atoms with Crippen LogP contribution in [0.15, 0.2) is 47.5 Å². The Kier molecular flexibility index (Phi) is 4.20. The zero-order valence-electron chi connectivity index (χ0n) is 9.81. The van der Waals surface area contributed by atoms with Crippen LogP contribution < -0.4 is 5.73 Å². The highest BCUT2D eigenvalue weighted by atomic mass is 35.5. The summed E-state index contributed by atoms with van der Waals surface area (Å²) in [4.78, 5) is 15.5. The van der Waals surface area contributed by atoms with Gasteiger partial charge in [0.1, 0.15) is 0 Å². The van der Waals surface area contributed by atoms with Gasteiger partial charge in [-0.3, -0.25) is 9.79 Å². The van der Waals surface area contributed by atoms with E-state index in [0.29, 0.717) is 26.9 Å². The van der Waals surface area contributed by atoms with E-state index in [-0.39, 0.29) is 0 Å². The molecule has 0 saturated heterocycles. The molecule has 0 fully saturated rings. The summed E-state index contributed by atoms with van der Waals surface area (Å²) in [5, 5.41) is 0.873. The number of primary amides is 1. The van der Waals surface area contributed by atoms with Crippen molar-refractivity contribution >= 4 is 41.0 Å². The molecule has 0 aromatic heterocycles. The van der Waals surface area contributed by atoms with Crippen LogP contribution in [0, 0.1) is 0 Å². The molecule has 5 heteroatoms. The van der Waals surface area contributed by atoms with Crippen LogP contribution in [0.2, 0.25) is 10.0 Å². The predicted molar refractivity (Wildman–Crippen MR) is 78.7 cm³/mol. The Bertz CT molecular complexity index is 654. The number of para-hydroxylation sites is 1. The lowest BCUT2D eigenvalue weighted by Crippen LogP contribution is -2.10. The number of nitrogens with zero attached hydrogens (tertiary/aromatic N) is 1. The molecule has 19 heavy (non-hydrogen) atoms. The normalized spacial score (nSPS) is 10.8. The maximum Gasteiger partial charge on any atom is 0.250 e. The Labute approximate surface area is 120 Å². The van der Waals surface area contributed by atoms with Gasteiger partial charge in [0.15, 0.2) is 0 Å². The van der Waals surface area contributed by atoms with Crippen LogP contribution in [0.1, 0.15) is 15.9 Å². The summed E-state index contributed by atoms with van der Waals surface area (Å²) in [6.07, 6.45) is 1.55. The van der Waals surface area contributed by atoms with E-state index in [9.17, 15) is 4.79 Å². The van der Waals surface area contributed by atoms with Gasteiger partial charge in [0, 0.05) is 11.8 Å². The summed E-state index contributed by atoms with van der Waals surface area (Å²) in [6.45, 7) is 0. The minimum atomic E-state index is -0.523. The molecule has 0 aliphatic rings. The van der Waals surface area contributed by atoms with Gasteiger partial charge >= 0.3 is 0 Å². The Hall–Kier alpha value is -1.84. The number of carbonyl (C=O) groups is 1. The Morgan fingerprint density at radius 1 is 1.11 bits per heavy atom. The first-order valence-electron chi connectivity index (χ1n) is 5.46. The summed E-state index contributed by atoms with van der Waals surface area (Å²) in [5.74, 6) is -0.523. The minimum absolute atomic E-state index is 0.358. The first-order valence-corrected chi connectivity index (χ1v) is 6.22. The lowest BCUT2D eigenvalue weighted by atomic mass is 10.1. The molecule has 2 aromatic rings. The molecule has 0 bridgehead atoms. The smallest absolute Gasteiger partial charge is 0.250 e. The zero-order chi connectivity index (χ0) is 13.8. The number of nitrogens with two attached hydrogens (primary N) is 1. The maximum atomic E-state index is 11.3. The van der Waals surface area contributed by atoms with Crippen LogP contribution in [0.4, 0.5) is 5.69 Å². The molecule has 0 spiro atoms. The van der Waals surface area contributed by atoms with Gasteiger partial charge < -0.3 is 5.73 Å². The number of benzene rings is 2. The van der Waals surface area contributed by atoms with Crippen LogP contribution in [0.3, 0.4) is 0 Å². The first-order chi connectivity index (χ1) is 9.09. The van der Waals surface area contributed by atoms with E-state index < -0.39 is 5.91 Å². The Morgan fingerprint density at radius 2 is 1.84 bits per heavy atom. The molecule has 3 nitrogen and oxygen atoms in total. The van der Waals surface area contributed by atoms with Crippen molar-refractivity contribution in [3.8, 4) is 0 Å². The third kappa shape index (κ3) is 3.13. The average Bonchev–Trinajstić information content (AvgIpc) is 2.40. The van der Waals surface area contributed by atoms with Crippen molar-refractivity contribution in [1.29, 1.82) is 0 Å². The number of rotatable bonds is 3. The first kappa shape index (κ1) is 13.6. The monoisotopic (exact) mass is 292 g/mol. The van der Waals surface area contributed by atoms with Crippen molar-refractivity contribution in [2.75, 3.05) is 0 Å². The van der Waals surface area contributed by atoms with E-state index in [1.54, 1.807) is 48.7 Å². The third-order valence-corrected chi connectivity index (χ3v) is 3.33. The third-order valence-electron chi connectivity index (χ3n) is 2.49. The minimum Gasteiger partial charge on any atom is -0.366 e. The Balaban J connectivity index is 2.38. The highest BCUT2D eigenvalue weighted by Crippen LogP contribution is 2.25. The molecule has 0 aliphatic heterocycles. The van der Waals surface area contributed by atoms with E-state index in [0.717, 1.165) is 0 Å². The fraction of sp³-hybridized carbons (Fsp3) is 0. The second-order valence-corrected chi connectivity index (χ2v) is 4.57. The van der Waals surface area contributed by atoms with E-state index in [1.807, 2.05) is 0 Å². The number of carbonyl (C=O) groups excluding carboxylic acids is 1. The van der Waals surface area contributed by atoms with Crippen LogP contribution >= 0.6 is 23.2 Å². The van der Waals surface area contributed by atoms with Crippen molar-refractivity contribution in [2.24, 2.45) is 10.7 Å². The molecule has 0 unspecified atom stereocenters. The fourth-order valence-corrected chi connectivity index (χ4v) is 1.91. The van der Waals surface area contributed by atoms with Gasteiger partial charge in [-0.15, -0.1) is 0 Å². The molecular weight excluding hydrogens is 283 g/mol. The van der Waals surface area contributed by atoms with E-state index in [1.165, 1.54) is 0 Å². The van der Waals surface area contributed by atoms with E-state index in [2.05, 4.69) is 4.99 Å². The van der Waals surface area contributed by atoms with Gasteiger partial charge in [-0.25, -0.2) is 0 Å². The average molecular weight is 293 g/mol. The summed E-state index contributed by atoms with van der Waals surface area (Å²) < 4.78 is 0. The molecule has 0 atom stereocenters. The SMILES string of the molecule is NC(=O)c1ccccc1N=Cc1cccc(Cl)c1Cl. The summed E-state index contributed by atoms with van der Waals surface area (Å²) >= 11 is 12.0. The van der Waals surface area contributed by atoms with Crippen molar-refractivity contribution in [2.45, 2.75) is 0 Å². The summed E-state index contributed by atoms with van der Waals surface area (Å²) in [6, 6.07) is 12.1. The van der Waals surface area contributed by atoms with Crippen molar-refractivity contribution < 1.29 is 4.79 Å². The molecule has 2 aromatic carbocycles. The second kappa shape index (κ2) is 5.87. The van der Waals surface area contributed by atoms with E-state index in [4.69, 9.17) is 28.9 Å². The van der Waals surface area contributed by atoms with Crippen molar-refractivity contribution in [1.82, 2.24) is 0 Å². The van der Waals surface area contributed by atoms with Gasteiger partial charge in [-0.1, -0.05) is 47.5 Å². The largest absolute Gasteiger partial charge is 0.366 e. The molecule has 0 radical (unpaired) electrons. The van der Waals surface area contributed by atoms with Crippen molar-refractivity contribution in [3.63, 3.8) is 0 Å². The summed E-state index contributed by atoms with van der Waals surface area (Å²) in [7, 11) is 0. The molecule has 0 saturated carbocycles. The molecule has 1 amide bonds. The number of aliphatic imine (C=N–C) groups is 1. The molecular formula is C14H10Cl2N2O. The number of hydrogen-bond donors (Lipinski definition) is 1. The number of amides is 1. The number of hydrogen-bond acceptors (Lipinski definition) is 2. The van der Waals surface area contributed by atoms with E-state index >= 15 is 0 Å². The van der Waals surface area contributed by atoms with Gasteiger partial charge in [0.05, 0.1) is 21.3 Å².